The summed E-state index contributed by atoms with van der Waals surface area (Å²) < 4.78 is 19.4. The Bertz CT molecular complexity index is 1330. The number of carbonyl (C=O) groups is 2. The predicted molar refractivity (Wildman–Crippen MR) is 123 cm³/mol. The molecule has 0 atom stereocenters. The minimum absolute atomic E-state index is 0.0290. The number of Topliss-reactive ketones (excluding diaryl/α,β-unsaturated/α-hetero) is 1. The number of halogens is 1. The standard InChI is InChI=1S/C24H20FN3O3S/c1-14(29)18-12-15(5-8-19(18)25)6-9-20-22-21(28-27-20)10-7-17(23(22)31-2)24(30)26-13-16-4-3-11-32-16/h3-12H,13H2,1-2H3,(H,26,30)(H,27,28)/b9-6+. The van der Waals surface area contributed by atoms with Crippen molar-refractivity contribution >= 4 is 46.1 Å². The molecule has 2 aromatic heterocycles. The molecule has 8 heteroatoms. The molecule has 162 valence electrons. The molecule has 4 rings (SSSR count). The second-order valence-electron chi connectivity index (χ2n) is 7.07. The lowest BCUT2D eigenvalue weighted by Gasteiger charge is -2.10. The van der Waals surface area contributed by atoms with E-state index in [1.807, 2.05) is 17.5 Å². The van der Waals surface area contributed by atoms with Crippen LogP contribution in [0.15, 0.2) is 47.8 Å². The average molecular weight is 450 g/mol. The lowest BCUT2D eigenvalue weighted by molar-refractivity contribution is 0.0947. The first-order chi connectivity index (χ1) is 15.5. The van der Waals surface area contributed by atoms with Crippen LogP contribution in [0.2, 0.25) is 0 Å². The molecule has 2 heterocycles. The highest BCUT2D eigenvalue weighted by atomic mass is 32.1. The van der Waals surface area contributed by atoms with Gasteiger partial charge in [0.25, 0.3) is 5.91 Å². The van der Waals surface area contributed by atoms with E-state index >= 15 is 0 Å². The van der Waals surface area contributed by atoms with Crippen LogP contribution in [0.4, 0.5) is 4.39 Å². The van der Waals surface area contributed by atoms with Gasteiger partial charge in [-0.2, -0.15) is 5.10 Å². The quantitative estimate of drug-likeness (QED) is 0.386. The Kier molecular flexibility index (Phi) is 6.13. The number of ether oxygens (including phenoxy) is 1. The third-order valence-corrected chi connectivity index (χ3v) is 5.84. The van der Waals surface area contributed by atoms with E-state index in [1.165, 1.54) is 26.2 Å². The van der Waals surface area contributed by atoms with Crippen LogP contribution in [0, 0.1) is 5.82 Å². The van der Waals surface area contributed by atoms with Crippen molar-refractivity contribution in [1.29, 1.82) is 0 Å². The molecule has 6 nitrogen and oxygen atoms in total. The van der Waals surface area contributed by atoms with Gasteiger partial charge in [0.1, 0.15) is 11.6 Å². The Morgan fingerprint density at radius 2 is 2.03 bits per heavy atom. The lowest BCUT2D eigenvalue weighted by atomic mass is 10.0. The number of rotatable bonds is 7. The second kappa shape index (κ2) is 9.15. The summed E-state index contributed by atoms with van der Waals surface area (Å²) in [5.41, 5.74) is 2.34. The van der Waals surface area contributed by atoms with Crippen LogP contribution < -0.4 is 10.1 Å². The molecule has 0 unspecified atom stereocenters. The number of carbonyl (C=O) groups excluding carboxylic acids is 2. The van der Waals surface area contributed by atoms with E-state index in [4.69, 9.17) is 4.74 Å². The first-order valence-electron chi connectivity index (χ1n) is 9.82. The fourth-order valence-corrected chi connectivity index (χ4v) is 4.03. The molecule has 0 aliphatic rings. The van der Waals surface area contributed by atoms with Crippen LogP contribution in [0.25, 0.3) is 23.1 Å². The second-order valence-corrected chi connectivity index (χ2v) is 8.10. The van der Waals surface area contributed by atoms with Gasteiger partial charge in [-0.05, 0) is 54.3 Å². The van der Waals surface area contributed by atoms with Crippen molar-refractivity contribution in [3.63, 3.8) is 0 Å². The summed E-state index contributed by atoms with van der Waals surface area (Å²) in [6, 6.07) is 11.7. The summed E-state index contributed by atoms with van der Waals surface area (Å²) in [5.74, 6) is -0.747. The van der Waals surface area contributed by atoms with Crippen LogP contribution in [0.1, 0.15) is 43.8 Å². The summed E-state index contributed by atoms with van der Waals surface area (Å²) in [7, 11) is 1.50. The van der Waals surface area contributed by atoms with Gasteiger partial charge in [0.05, 0.1) is 41.4 Å². The van der Waals surface area contributed by atoms with E-state index in [0.29, 0.717) is 40.0 Å². The Morgan fingerprint density at radius 3 is 2.75 bits per heavy atom. The first-order valence-corrected chi connectivity index (χ1v) is 10.7. The number of nitrogens with zero attached hydrogens (tertiary/aromatic N) is 1. The number of aromatic nitrogens is 2. The SMILES string of the molecule is COc1c(C(=O)NCc2cccs2)ccc2[nH]nc(/C=C/c3ccc(F)c(C(C)=O)c3)c12. The summed E-state index contributed by atoms with van der Waals surface area (Å²) in [6.45, 7) is 1.75. The fourth-order valence-electron chi connectivity index (χ4n) is 3.39. The fraction of sp³-hybridized carbons (Fsp3) is 0.125. The number of ketones is 1. The highest BCUT2D eigenvalue weighted by molar-refractivity contribution is 7.09. The number of methoxy groups -OCH3 is 1. The minimum Gasteiger partial charge on any atom is -0.495 e. The van der Waals surface area contributed by atoms with Crippen molar-refractivity contribution in [2.24, 2.45) is 0 Å². The molecular weight excluding hydrogens is 429 g/mol. The number of hydrogen-bond acceptors (Lipinski definition) is 5. The highest BCUT2D eigenvalue weighted by Gasteiger charge is 2.19. The molecule has 2 N–H and O–H groups in total. The van der Waals surface area contributed by atoms with E-state index < -0.39 is 5.82 Å². The highest BCUT2D eigenvalue weighted by Crippen LogP contribution is 2.32. The molecule has 1 amide bonds. The predicted octanol–water partition coefficient (Wildman–Crippen LogP) is 5.08. The van der Waals surface area contributed by atoms with Crippen molar-refractivity contribution in [3.05, 3.63) is 80.9 Å². The van der Waals surface area contributed by atoms with E-state index in [-0.39, 0.29) is 17.3 Å². The Labute approximate surface area is 187 Å². The van der Waals surface area contributed by atoms with Crippen LogP contribution in [0.5, 0.6) is 5.75 Å². The summed E-state index contributed by atoms with van der Waals surface area (Å²) in [6.07, 6.45) is 3.45. The molecule has 0 saturated carbocycles. The zero-order valence-electron chi connectivity index (χ0n) is 17.4. The third kappa shape index (κ3) is 4.31. The molecular formula is C24H20FN3O3S. The van der Waals surface area contributed by atoms with Crippen LogP contribution >= 0.6 is 11.3 Å². The van der Waals surface area contributed by atoms with Gasteiger partial charge >= 0.3 is 0 Å². The van der Waals surface area contributed by atoms with Crippen LogP contribution in [0.3, 0.4) is 0 Å². The maximum absolute atomic E-state index is 13.8. The number of thiophene rings is 1. The van der Waals surface area contributed by atoms with Crippen molar-refractivity contribution in [1.82, 2.24) is 15.5 Å². The van der Waals surface area contributed by atoms with E-state index in [9.17, 15) is 14.0 Å². The molecule has 0 bridgehead atoms. The van der Waals surface area contributed by atoms with E-state index in [0.717, 1.165) is 4.88 Å². The van der Waals surface area contributed by atoms with Gasteiger partial charge in [-0.1, -0.05) is 18.2 Å². The average Bonchev–Trinajstić information content (AvgIpc) is 3.46. The maximum Gasteiger partial charge on any atom is 0.255 e. The van der Waals surface area contributed by atoms with Crippen LogP contribution in [-0.2, 0) is 6.54 Å². The molecule has 0 spiro atoms. The third-order valence-electron chi connectivity index (χ3n) is 4.97. The largest absolute Gasteiger partial charge is 0.495 e. The Balaban J connectivity index is 1.66. The van der Waals surface area contributed by atoms with Gasteiger partial charge < -0.3 is 10.1 Å². The lowest BCUT2D eigenvalue weighted by Crippen LogP contribution is -2.22. The minimum atomic E-state index is -0.556. The normalized spacial score (nSPS) is 11.2. The molecule has 0 saturated heterocycles. The van der Waals surface area contributed by atoms with Gasteiger partial charge in [-0.15, -0.1) is 11.3 Å². The van der Waals surface area contributed by atoms with E-state index in [1.54, 1.807) is 41.7 Å². The Hall–Kier alpha value is -3.78. The molecule has 2 aromatic carbocycles. The number of H-pyrrole nitrogens is 1. The molecule has 0 aliphatic carbocycles. The molecule has 32 heavy (non-hydrogen) atoms. The zero-order chi connectivity index (χ0) is 22.7. The summed E-state index contributed by atoms with van der Waals surface area (Å²) >= 11 is 1.57. The smallest absolute Gasteiger partial charge is 0.255 e. The summed E-state index contributed by atoms with van der Waals surface area (Å²) in [4.78, 5) is 25.5. The van der Waals surface area contributed by atoms with Gasteiger partial charge in [0.2, 0.25) is 0 Å². The van der Waals surface area contributed by atoms with Gasteiger partial charge in [-0.25, -0.2) is 4.39 Å². The number of nitrogens with one attached hydrogen (secondary N) is 2. The monoisotopic (exact) mass is 449 g/mol. The molecule has 0 radical (unpaired) electrons. The van der Waals surface area contributed by atoms with Gasteiger partial charge in [-0.3, -0.25) is 14.7 Å². The summed E-state index contributed by atoms with van der Waals surface area (Å²) in [5, 5.41) is 12.8. The topological polar surface area (TPSA) is 84.1 Å². The van der Waals surface area contributed by atoms with Gasteiger partial charge in [0, 0.05) is 4.88 Å². The van der Waals surface area contributed by atoms with Crippen molar-refractivity contribution in [3.8, 4) is 5.75 Å². The molecule has 0 fully saturated rings. The van der Waals surface area contributed by atoms with Gasteiger partial charge in [0.15, 0.2) is 5.78 Å². The van der Waals surface area contributed by atoms with Crippen LogP contribution in [-0.4, -0.2) is 29.0 Å². The Morgan fingerprint density at radius 1 is 1.19 bits per heavy atom. The van der Waals surface area contributed by atoms with Crippen molar-refractivity contribution < 1.29 is 18.7 Å². The van der Waals surface area contributed by atoms with E-state index in [2.05, 4.69) is 15.5 Å². The number of benzene rings is 2. The van der Waals surface area contributed by atoms with Crippen molar-refractivity contribution in [2.75, 3.05) is 7.11 Å². The number of fused-ring (bicyclic) bond motifs is 1. The maximum atomic E-state index is 13.8. The molecule has 4 aromatic rings. The number of amides is 1. The number of hydrogen-bond donors (Lipinski definition) is 2. The van der Waals surface area contributed by atoms with Crippen molar-refractivity contribution in [2.45, 2.75) is 13.5 Å². The number of aromatic amines is 1. The zero-order valence-corrected chi connectivity index (χ0v) is 18.3. The molecule has 0 aliphatic heterocycles. The first kappa shape index (κ1) is 21.5.